The van der Waals surface area contributed by atoms with Crippen LogP contribution in [0.4, 0.5) is 0 Å². The summed E-state index contributed by atoms with van der Waals surface area (Å²) in [5.41, 5.74) is -1.04. The van der Waals surface area contributed by atoms with Crippen LogP contribution in [0, 0.1) is 0 Å². The summed E-state index contributed by atoms with van der Waals surface area (Å²) in [7, 11) is 0. The van der Waals surface area contributed by atoms with Crippen molar-refractivity contribution in [2.45, 2.75) is 55.7 Å². The van der Waals surface area contributed by atoms with Crippen molar-refractivity contribution in [3.8, 4) is 0 Å². The molecule has 2 aliphatic heterocycles. The molecule has 2 aliphatic rings. The van der Waals surface area contributed by atoms with Crippen molar-refractivity contribution in [1.82, 2.24) is 0 Å². The second kappa shape index (κ2) is 5.81. The van der Waals surface area contributed by atoms with E-state index in [9.17, 15) is 10.2 Å². The lowest BCUT2D eigenvalue weighted by Gasteiger charge is -2.35. The molecule has 2 saturated heterocycles. The third-order valence-corrected chi connectivity index (χ3v) is 4.00. The summed E-state index contributed by atoms with van der Waals surface area (Å²) in [5.74, 6) is 0. The van der Waals surface area contributed by atoms with Gasteiger partial charge in [-0.25, -0.2) is 0 Å². The monoisotopic (exact) mass is 262 g/mol. The third kappa shape index (κ3) is 2.54. The van der Waals surface area contributed by atoms with Crippen LogP contribution in [-0.2, 0) is 9.47 Å². The quantitative estimate of drug-likeness (QED) is 0.496. The molecule has 0 amide bonds. The van der Waals surface area contributed by atoms with Gasteiger partial charge in [-0.15, -0.1) is 0 Å². The topological polar surface area (TPSA) is 99.4 Å². The first-order chi connectivity index (χ1) is 8.65. The van der Waals surface area contributed by atoms with Crippen LogP contribution in [0.1, 0.15) is 25.7 Å². The summed E-state index contributed by atoms with van der Waals surface area (Å²) < 4.78 is 11.1. The highest BCUT2D eigenvalue weighted by molar-refractivity contribution is 4.99. The molecular formula is C12H22O6. The number of aliphatic hydroxyl groups excluding tert-OH is 4. The van der Waals surface area contributed by atoms with Crippen LogP contribution in [-0.4, -0.2) is 70.3 Å². The summed E-state index contributed by atoms with van der Waals surface area (Å²) in [6, 6.07) is 0. The fourth-order valence-corrected chi connectivity index (χ4v) is 2.85. The van der Waals surface area contributed by atoms with Gasteiger partial charge in [0, 0.05) is 0 Å². The second-order valence-corrected chi connectivity index (χ2v) is 5.19. The molecule has 0 bridgehead atoms. The van der Waals surface area contributed by atoms with Crippen LogP contribution >= 0.6 is 0 Å². The predicted octanol–water partition coefficient (Wildman–Crippen LogP) is -1.21. The minimum Gasteiger partial charge on any atom is -0.394 e. The molecule has 0 radical (unpaired) electrons. The van der Waals surface area contributed by atoms with Crippen molar-refractivity contribution >= 4 is 0 Å². The van der Waals surface area contributed by atoms with E-state index >= 15 is 0 Å². The normalized spacial score (nSPS) is 42.3. The molecule has 2 rings (SSSR count). The first-order valence-corrected chi connectivity index (χ1v) is 6.49. The van der Waals surface area contributed by atoms with Gasteiger partial charge in [0.05, 0.1) is 38.1 Å². The van der Waals surface area contributed by atoms with Gasteiger partial charge in [-0.05, 0) is 25.7 Å². The van der Waals surface area contributed by atoms with E-state index in [2.05, 4.69) is 0 Å². The molecule has 0 aromatic carbocycles. The molecule has 4 N–H and O–H groups in total. The average molecular weight is 262 g/mol. The van der Waals surface area contributed by atoms with E-state index in [0.717, 1.165) is 0 Å². The molecule has 0 spiro atoms. The standard InChI is InChI=1S/C12H22O6/c13-5-8-1-2-10(17-8)11(16)12(7-15)4-3-9(6-14)18-12/h8-11,13-16H,1-7H2. The Morgan fingerprint density at radius 1 is 1.06 bits per heavy atom. The van der Waals surface area contributed by atoms with Crippen LogP contribution in [0.2, 0.25) is 0 Å². The maximum atomic E-state index is 10.4. The molecule has 18 heavy (non-hydrogen) atoms. The van der Waals surface area contributed by atoms with Gasteiger partial charge in [-0.2, -0.15) is 0 Å². The Labute approximate surface area is 106 Å². The molecule has 6 nitrogen and oxygen atoms in total. The zero-order valence-electron chi connectivity index (χ0n) is 10.4. The highest BCUT2D eigenvalue weighted by Crippen LogP contribution is 2.37. The smallest absolute Gasteiger partial charge is 0.120 e. The van der Waals surface area contributed by atoms with Gasteiger partial charge in [0.15, 0.2) is 0 Å². The molecule has 106 valence electrons. The van der Waals surface area contributed by atoms with Crippen LogP contribution in [0.3, 0.4) is 0 Å². The van der Waals surface area contributed by atoms with Crippen molar-refractivity contribution < 1.29 is 29.9 Å². The number of ether oxygens (including phenoxy) is 2. The predicted molar refractivity (Wildman–Crippen MR) is 62.0 cm³/mol. The molecule has 0 aliphatic carbocycles. The highest BCUT2D eigenvalue weighted by Gasteiger charge is 2.50. The van der Waals surface area contributed by atoms with Gasteiger partial charge < -0.3 is 29.9 Å². The Hall–Kier alpha value is -0.240. The van der Waals surface area contributed by atoms with Crippen molar-refractivity contribution in [2.75, 3.05) is 19.8 Å². The Kier molecular flexibility index (Phi) is 4.58. The lowest BCUT2D eigenvalue weighted by molar-refractivity contribution is -0.182. The van der Waals surface area contributed by atoms with E-state index in [0.29, 0.717) is 25.7 Å². The summed E-state index contributed by atoms with van der Waals surface area (Å²) in [6.45, 7) is -0.469. The summed E-state index contributed by atoms with van der Waals surface area (Å²) in [6.07, 6.45) is 0.522. The molecule has 6 heteroatoms. The summed E-state index contributed by atoms with van der Waals surface area (Å²) in [4.78, 5) is 0. The number of hydrogen-bond donors (Lipinski definition) is 4. The largest absolute Gasteiger partial charge is 0.394 e. The van der Waals surface area contributed by atoms with Gasteiger partial charge in [0.1, 0.15) is 11.7 Å². The van der Waals surface area contributed by atoms with Crippen LogP contribution in [0.5, 0.6) is 0 Å². The van der Waals surface area contributed by atoms with Gasteiger partial charge in [0.25, 0.3) is 0 Å². The number of rotatable bonds is 5. The molecule has 5 unspecified atom stereocenters. The summed E-state index contributed by atoms with van der Waals surface area (Å²) >= 11 is 0. The zero-order chi connectivity index (χ0) is 13.2. The lowest BCUT2D eigenvalue weighted by Crippen LogP contribution is -2.52. The number of hydrogen-bond acceptors (Lipinski definition) is 6. The molecular weight excluding hydrogens is 240 g/mol. The van der Waals surface area contributed by atoms with Crippen LogP contribution in [0.25, 0.3) is 0 Å². The fraction of sp³-hybridized carbons (Fsp3) is 1.00. The van der Waals surface area contributed by atoms with E-state index in [1.807, 2.05) is 0 Å². The first-order valence-electron chi connectivity index (χ1n) is 6.49. The molecule has 0 saturated carbocycles. The van der Waals surface area contributed by atoms with Gasteiger partial charge in [-0.1, -0.05) is 0 Å². The average Bonchev–Trinajstić information content (AvgIpc) is 3.05. The van der Waals surface area contributed by atoms with Gasteiger partial charge >= 0.3 is 0 Å². The second-order valence-electron chi connectivity index (χ2n) is 5.19. The minimum absolute atomic E-state index is 0.0601. The lowest BCUT2D eigenvalue weighted by atomic mass is 9.89. The molecule has 0 aromatic heterocycles. The van der Waals surface area contributed by atoms with Crippen molar-refractivity contribution in [2.24, 2.45) is 0 Å². The minimum atomic E-state index is -1.04. The van der Waals surface area contributed by atoms with Crippen LogP contribution < -0.4 is 0 Å². The summed E-state index contributed by atoms with van der Waals surface area (Å²) in [5, 5.41) is 37.9. The van der Waals surface area contributed by atoms with E-state index in [4.69, 9.17) is 19.7 Å². The third-order valence-electron chi connectivity index (χ3n) is 4.00. The maximum Gasteiger partial charge on any atom is 0.120 e. The van der Waals surface area contributed by atoms with Crippen molar-refractivity contribution in [3.05, 3.63) is 0 Å². The van der Waals surface area contributed by atoms with Gasteiger partial charge in [-0.3, -0.25) is 0 Å². The Balaban J connectivity index is 2.00. The Morgan fingerprint density at radius 3 is 2.28 bits per heavy atom. The number of aliphatic hydroxyl groups is 4. The van der Waals surface area contributed by atoms with E-state index in [1.54, 1.807) is 0 Å². The van der Waals surface area contributed by atoms with Crippen LogP contribution in [0.15, 0.2) is 0 Å². The molecule has 0 aromatic rings. The van der Waals surface area contributed by atoms with Gasteiger partial charge in [0.2, 0.25) is 0 Å². The fourth-order valence-electron chi connectivity index (χ4n) is 2.85. The van der Waals surface area contributed by atoms with Crippen molar-refractivity contribution in [1.29, 1.82) is 0 Å². The first kappa shape index (κ1) is 14.2. The van der Waals surface area contributed by atoms with E-state index in [1.165, 1.54) is 0 Å². The Morgan fingerprint density at radius 2 is 1.78 bits per heavy atom. The molecule has 5 atom stereocenters. The Bertz CT molecular complexity index is 273. The highest BCUT2D eigenvalue weighted by atomic mass is 16.6. The van der Waals surface area contributed by atoms with E-state index < -0.39 is 17.8 Å². The maximum absolute atomic E-state index is 10.4. The van der Waals surface area contributed by atoms with E-state index in [-0.39, 0.29) is 32.0 Å². The van der Waals surface area contributed by atoms with Crippen molar-refractivity contribution in [3.63, 3.8) is 0 Å². The molecule has 2 fully saturated rings. The molecule has 2 heterocycles. The zero-order valence-corrected chi connectivity index (χ0v) is 10.4. The SMILES string of the molecule is OCC1CCC(C(O)C2(CO)CCC(CO)O2)O1.